The van der Waals surface area contributed by atoms with Crippen LogP contribution in [0, 0.1) is 10.1 Å². The second-order valence-corrected chi connectivity index (χ2v) is 3.90. The Balaban J connectivity index is 1.95. The molecule has 0 saturated heterocycles. The number of esters is 1. The third-order valence-electron chi connectivity index (χ3n) is 2.42. The number of benzene rings is 1. The number of furan rings is 1. The number of rotatable bonds is 3. The van der Waals surface area contributed by atoms with Crippen LogP contribution in [0.4, 0.5) is 5.69 Å². The van der Waals surface area contributed by atoms with Crippen LogP contribution in [-0.2, 0) is 9.59 Å². The van der Waals surface area contributed by atoms with Crippen LogP contribution in [0.5, 0.6) is 5.75 Å². The van der Waals surface area contributed by atoms with Gasteiger partial charge < -0.3 is 9.15 Å². The molecule has 0 fully saturated rings. The Morgan fingerprint density at radius 3 is 2.36 bits per heavy atom. The fourth-order valence-corrected chi connectivity index (χ4v) is 1.41. The fourth-order valence-electron chi connectivity index (χ4n) is 1.41. The maximum absolute atomic E-state index is 11.5. The highest BCUT2D eigenvalue weighted by Crippen LogP contribution is 2.17. The number of amides is 2. The van der Waals surface area contributed by atoms with E-state index in [9.17, 15) is 24.5 Å². The highest BCUT2D eigenvalue weighted by atomic mass is 16.6. The van der Waals surface area contributed by atoms with Gasteiger partial charge in [-0.15, -0.1) is 0 Å². The van der Waals surface area contributed by atoms with Crippen molar-refractivity contribution in [3.8, 4) is 5.75 Å². The van der Waals surface area contributed by atoms with Gasteiger partial charge in [0, 0.05) is 12.1 Å². The zero-order valence-electron chi connectivity index (χ0n) is 10.8. The quantitative estimate of drug-likeness (QED) is 0.295. The van der Waals surface area contributed by atoms with Crippen LogP contribution in [0.25, 0.3) is 0 Å². The molecule has 2 rings (SSSR count). The van der Waals surface area contributed by atoms with E-state index in [0.29, 0.717) is 0 Å². The lowest BCUT2D eigenvalue weighted by molar-refractivity contribution is -0.384. The van der Waals surface area contributed by atoms with Gasteiger partial charge in [-0.2, -0.15) is 0 Å². The summed E-state index contributed by atoms with van der Waals surface area (Å²) in [6, 6.07) is 7.26. The van der Waals surface area contributed by atoms with Crippen molar-refractivity contribution in [1.29, 1.82) is 0 Å². The van der Waals surface area contributed by atoms with E-state index < -0.39 is 22.7 Å². The smallest absolute Gasteiger partial charge is 0.402 e. The molecule has 22 heavy (non-hydrogen) atoms. The second-order valence-electron chi connectivity index (χ2n) is 3.90. The number of carbonyl (C=O) groups is 3. The van der Waals surface area contributed by atoms with Crippen molar-refractivity contribution in [2.24, 2.45) is 0 Å². The largest absolute Gasteiger partial charge is 0.459 e. The number of nitro benzene ring substituents is 1. The Labute approximate surface area is 122 Å². The Bertz CT molecular complexity index is 719. The van der Waals surface area contributed by atoms with Gasteiger partial charge >= 0.3 is 11.9 Å². The minimum Gasteiger partial charge on any atom is -0.459 e. The lowest BCUT2D eigenvalue weighted by atomic mass is 10.3. The maximum atomic E-state index is 11.5. The van der Waals surface area contributed by atoms with Gasteiger partial charge in [-0.3, -0.25) is 25.0 Å². The molecule has 0 unspecified atom stereocenters. The number of carbonyl (C=O) groups excluding carboxylic acids is 3. The molecule has 0 bridgehead atoms. The van der Waals surface area contributed by atoms with E-state index in [1.807, 2.05) is 0 Å². The molecule has 0 saturated carbocycles. The molecule has 9 heteroatoms. The van der Waals surface area contributed by atoms with Gasteiger partial charge in [-0.1, -0.05) is 0 Å². The van der Waals surface area contributed by atoms with Crippen molar-refractivity contribution in [2.75, 3.05) is 0 Å². The van der Waals surface area contributed by atoms with Gasteiger partial charge in [0.15, 0.2) is 5.76 Å². The first-order chi connectivity index (χ1) is 10.5. The van der Waals surface area contributed by atoms with Gasteiger partial charge in [0.25, 0.3) is 11.6 Å². The van der Waals surface area contributed by atoms with Gasteiger partial charge in [-0.25, -0.2) is 4.79 Å². The lowest BCUT2D eigenvalue weighted by Crippen LogP contribution is -2.38. The molecule has 0 aliphatic rings. The first-order valence-corrected chi connectivity index (χ1v) is 5.83. The van der Waals surface area contributed by atoms with Crippen molar-refractivity contribution in [3.05, 3.63) is 58.5 Å². The highest BCUT2D eigenvalue weighted by Gasteiger charge is 2.21. The average Bonchev–Trinajstić information content (AvgIpc) is 3.02. The number of ether oxygens (including phenoxy) is 1. The van der Waals surface area contributed by atoms with Crippen molar-refractivity contribution >= 4 is 23.5 Å². The van der Waals surface area contributed by atoms with E-state index in [0.717, 1.165) is 24.3 Å². The molecule has 0 aliphatic heterocycles. The second kappa shape index (κ2) is 6.31. The van der Waals surface area contributed by atoms with Crippen LogP contribution in [0.3, 0.4) is 0 Å². The summed E-state index contributed by atoms with van der Waals surface area (Å²) >= 11 is 0. The average molecular weight is 304 g/mol. The molecule has 1 aromatic heterocycles. The molecule has 1 N–H and O–H groups in total. The normalized spacial score (nSPS) is 9.82. The summed E-state index contributed by atoms with van der Waals surface area (Å²) in [5.74, 6) is -3.74. The lowest BCUT2D eigenvalue weighted by Gasteiger charge is -2.03. The van der Waals surface area contributed by atoms with Gasteiger partial charge in [-0.05, 0) is 24.3 Å². The summed E-state index contributed by atoms with van der Waals surface area (Å²) in [5, 5.41) is 12.2. The zero-order chi connectivity index (χ0) is 16.1. The topological polar surface area (TPSA) is 129 Å². The molecular weight excluding hydrogens is 296 g/mol. The summed E-state index contributed by atoms with van der Waals surface area (Å²) in [6.45, 7) is 0. The molecule has 9 nitrogen and oxygen atoms in total. The molecule has 0 spiro atoms. The Hall–Kier alpha value is -3.49. The van der Waals surface area contributed by atoms with Crippen LogP contribution < -0.4 is 10.1 Å². The SMILES string of the molecule is O=C(NC(=O)c1ccco1)C(=O)Oc1ccc([N+](=O)[O-])cc1. The molecule has 1 aromatic carbocycles. The summed E-state index contributed by atoms with van der Waals surface area (Å²) < 4.78 is 9.42. The van der Waals surface area contributed by atoms with E-state index in [-0.39, 0.29) is 17.2 Å². The predicted octanol–water partition coefficient (Wildman–Crippen LogP) is 1.05. The highest BCUT2D eigenvalue weighted by molar-refractivity contribution is 6.36. The van der Waals surface area contributed by atoms with E-state index in [2.05, 4.69) is 4.74 Å². The standard InChI is InChI=1S/C13H8N2O7/c16-11(10-2-1-7-21-10)14-12(17)13(18)22-9-5-3-8(4-6-9)15(19)20/h1-7H,(H,14,16,17). The summed E-state index contributed by atoms with van der Waals surface area (Å²) in [7, 11) is 0. The molecule has 2 amide bonds. The molecule has 0 radical (unpaired) electrons. The zero-order valence-corrected chi connectivity index (χ0v) is 10.8. The molecule has 1 heterocycles. The summed E-state index contributed by atoms with van der Waals surface area (Å²) in [6.07, 6.45) is 1.23. The molecular formula is C13H8N2O7. The maximum Gasteiger partial charge on any atom is 0.402 e. The van der Waals surface area contributed by atoms with Crippen molar-refractivity contribution < 1.29 is 28.5 Å². The van der Waals surface area contributed by atoms with E-state index in [1.165, 1.54) is 18.4 Å². The van der Waals surface area contributed by atoms with E-state index >= 15 is 0 Å². The first kappa shape index (κ1) is 14.9. The number of imide groups is 1. The molecule has 0 aliphatic carbocycles. The van der Waals surface area contributed by atoms with Gasteiger partial charge in [0.1, 0.15) is 5.75 Å². The molecule has 112 valence electrons. The number of hydrogen-bond donors (Lipinski definition) is 1. The fraction of sp³-hybridized carbons (Fsp3) is 0. The number of nitrogens with one attached hydrogen (secondary N) is 1. The third kappa shape index (κ3) is 3.54. The Morgan fingerprint density at radius 2 is 1.82 bits per heavy atom. The van der Waals surface area contributed by atoms with Gasteiger partial charge in [0.05, 0.1) is 11.2 Å². The van der Waals surface area contributed by atoms with Gasteiger partial charge in [0.2, 0.25) is 0 Å². The minimum atomic E-state index is -1.34. The number of hydrogen-bond acceptors (Lipinski definition) is 7. The van der Waals surface area contributed by atoms with E-state index in [1.54, 1.807) is 5.32 Å². The molecule has 0 atom stereocenters. The van der Waals surface area contributed by atoms with Crippen molar-refractivity contribution in [2.45, 2.75) is 0 Å². The number of nitro groups is 1. The summed E-state index contributed by atoms with van der Waals surface area (Å²) in [4.78, 5) is 44.3. The Morgan fingerprint density at radius 1 is 1.14 bits per heavy atom. The predicted molar refractivity (Wildman–Crippen MR) is 69.9 cm³/mol. The van der Waals surface area contributed by atoms with Crippen LogP contribution in [0.15, 0.2) is 47.1 Å². The van der Waals surface area contributed by atoms with Crippen LogP contribution >= 0.6 is 0 Å². The van der Waals surface area contributed by atoms with Crippen molar-refractivity contribution in [3.63, 3.8) is 0 Å². The number of nitrogens with zero attached hydrogens (tertiary/aromatic N) is 1. The van der Waals surface area contributed by atoms with Crippen LogP contribution in [0.1, 0.15) is 10.6 Å². The minimum absolute atomic E-state index is 0.0730. The first-order valence-electron chi connectivity index (χ1n) is 5.83. The summed E-state index contributed by atoms with van der Waals surface area (Å²) in [5.41, 5.74) is -0.197. The van der Waals surface area contributed by atoms with Crippen LogP contribution in [0.2, 0.25) is 0 Å². The monoisotopic (exact) mass is 304 g/mol. The third-order valence-corrected chi connectivity index (χ3v) is 2.42. The van der Waals surface area contributed by atoms with Crippen LogP contribution in [-0.4, -0.2) is 22.7 Å². The molecule has 2 aromatic rings. The van der Waals surface area contributed by atoms with E-state index in [4.69, 9.17) is 4.42 Å². The van der Waals surface area contributed by atoms with Crippen molar-refractivity contribution in [1.82, 2.24) is 5.32 Å². The Kier molecular flexibility index (Phi) is 4.27. The number of non-ortho nitro benzene ring substituents is 1.